The van der Waals surface area contributed by atoms with Crippen LogP contribution in [0.15, 0.2) is 36.4 Å². The molecule has 4 aliphatic carbocycles. The first-order valence-electron chi connectivity index (χ1n) is 14.8. The van der Waals surface area contributed by atoms with Crippen LogP contribution in [0, 0.1) is 29.6 Å². The van der Waals surface area contributed by atoms with Crippen LogP contribution in [0.1, 0.15) is 79.4 Å². The summed E-state index contributed by atoms with van der Waals surface area (Å²) in [5.41, 5.74) is 3.24. The summed E-state index contributed by atoms with van der Waals surface area (Å²) in [5, 5.41) is 0. The molecule has 4 aliphatic rings. The van der Waals surface area contributed by atoms with E-state index in [4.69, 9.17) is 33.2 Å². The Bertz CT molecular complexity index is 1260. The van der Waals surface area contributed by atoms with Crippen molar-refractivity contribution in [2.24, 2.45) is 17.8 Å². The first kappa shape index (κ1) is 30.4. The van der Waals surface area contributed by atoms with E-state index >= 15 is 0 Å². The van der Waals surface area contributed by atoms with Crippen LogP contribution in [0.5, 0.6) is 11.5 Å². The van der Waals surface area contributed by atoms with Gasteiger partial charge in [0.2, 0.25) is 0 Å². The molecule has 2 unspecified atom stereocenters. The fraction of sp³-hybridized carbons (Fsp3) is 0.559. The average molecular weight is 579 g/mol. The van der Waals surface area contributed by atoms with Gasteiger partial charge in [0.25, 0.3) is 0 Å². The minimum atomic E-state index is -0.418. The second kappa shape index (κ2) is 13.5. The van der Waals surface area contributed by atoms with Gasteiger partial charge < -0.3 is 33.2 Å². The van der Waals surface area contributed by atoms with Gasteiger partial charge >= 0.3 is 5.97 Å². The quantitative estimate of drug-likeness (QED) is 0.172. The van der Waals surface area contributed by atoms with Crippen molar-refractivity contribution in [1.82, 2.24) is 0 Å². The molecule has 0 radical (unpaired) electrons. The van der Waals surface area contributed by atoms with Gasteiger partial charge in [-0.15, -0.1) is 0 Å². The summed E-state index contributed by atoms with van der Waals surface area (Å²) in [4.78, 5) is 11.9. The van der Waals surface area contributed by atoms with E-state index in [2.05, 4.69) is 17.9 Å². The fourth-order valence-electron chi connectivity index (χ4n) is 7.22. The SMILES string of the molecule is COC(=O)c1ccc(C#Cc2cc(C34CC5CC(CC(C5)C3)C4)c(OCOC(C)OC)cc2OCOC(C)OC)cc1. The smallest absolute Gasteiger partial charge is 0.337 e. The molecule has 0 spiro atoms. The molecule has 2 atom stereocenters. The zero-order valence-electron chi connectivity index (χ0n) is 25.3. The number of esters is 1. The van der Waals surface area contributed by atoms with Crippen molar-refractivity contribution in [1.29, 1.82) is 0 Å². The predicted molar refractivity (Wildman–Crippen MR) is 156 cm³/mol. The Morgan fingerprint density at radius 3 is 1.88 bits per heavy atom. The number of carbonyl (C=O) groups is 1. The Hall–Kier alpha value is -3.09. The van der Waals surface area contributed by atoms with Crippen molar-refractivity contribution in [2.75, 3.05) is 34.9 Å². The Kier molecular flexibility index (Phi) is 9.74. The van der Waals surface area contributed by atoms with Gasteiger partial charge in [-0.25, -0.2) is 4.79 Å². The molecule has 4 bridgehead atoms. The van der Waals surface area contributed by atoms with Gasteiger partial charge in [-0.05, 0) is 106 Å². The standard InChI is InChI=1S/C34H42O8/c1-22(36-3)39-20-41-31-16-32(42-21-40-23(2)37-4)30(34-17-25-12-26(18-34)14-27(13-25)19-34)15-29(31)11-8-24-6-9-28(10-7-24)33(35)38-5/h6-7,9-10,15-16,22-23,25-27H,12-14,17-21H2,1-5H3. The van der Waals surface area contributed by atoms with Crippen molar-refractivity contribution < 1.29 is 38.0 Å². The first-order chi connectivity index (χ1) is 20.3. The van der Waals surface area contributed by atoms with Gasteiger partial charge in [-0.1, -0.05) is 11.8 Å². The second-order valence-electron chi connectivity index (χ2n) is 11.8. The van der Waals surface area contributed by atoms with Crippen LogP contribution in [0.3, 0.4) is 0 Å². The van der Waals surface area contributed by atoms with E-state index in [1.54, 1.807) is 33.3 Å². The third kappa shape index (κ3) is 6.92. The van der Waals surface area contributed by atoms with E-state index in [1.807, 2.05) is 25.1 Å². The molecule has 8 nitrogen and oxygen atoms in total. The van der Waals surface area contributed by atoms with Crippen LogP contribution in [-0.4, -0.2) is 53.5 Å². The monoisotopic (exact) mass is 578 g/mol. The lowest BCUT2D eigenvalue weighted by molar-refractivity contribution is -0.150. The molecule has 0 amide bonds. The summed E-state index contributed by atoms with van der Waals surface area (Å²) in [6, 6.07) is 11.1. The van der Waals surface area contributed by atoms with Crippen LogP contribution >= 0.6 is 0 Å². The van der Waals surface area contributed by atoms with Gasteiger partial charge in [-0.3, -0.25) is 0 Å². The number of hydrogen-bond donors (Lipinski definition) is 0. The molecule has 6 rings (SSSR count). The molecular weight excluding hydrogens is 536 g/mol. The third-order valence-electron chi connectivity index (χ3n) is 9.04. The Balaban J connectivity index is 1.52. The topological polar surface area (TPSA) is 81.7 Å². The average Bonchev–Trinajstić information content (AvgIpc) is 2.99. The lowest BCUT2D eigenvalue weighted by atomic mass is 9.48. The number of ether oxygens (including phenoxy) is 7. The largest absolute Gasteiger partial charge is 0.467 e. The lowest BCUT2D eigenvalue weighted by Crippen LogP contribution is -2.48. The van der Waals surface area contributed by atoms with Crippen LogP contribution in [0.2, 0.25) is 0 Å². The molecule has 4 saturated carbocycles. The van der Waals surface area contributed by atoms with E-state index in [0.717, 1.165) is 34.6 Å². The van der Waals surface area contributed by atoms with Gasteiger partial charge in [0, 0.05) is 31.4 Å². The first-order valence-corrected chi connectivity index (χ1v) is 14.8. The molecule has 8 heteroatoms. The number of methoxy groups -OCH3 is 3. The summed E-state index contributed by atoms with van der Waals surface area (Å²) in [6.45, 7) is 3.69. The van der Waals surface area contributed by atoms with E-state index < -0.39 is 6.29 Å². The summed E-state index contributed by atoms with van der Waals surface area (Å²) in [5.74, 6) is 9.81. The van der Waals surface area contributed by atoms with Crippen LogP contribution in [-0.2, 0) is 29.1 Å². The normalized spacial score (nSPS) is 25.3. The summed E-state index contributed by atoms with van der Waals surface area (Å²) >= 11 is 0. The Morgan fingerprint density at radius 2 is 1.36 bits per heavy atom. The molecule has 226 valence electrons. The predicted octanol–water partition coefficient (Wildman–Crippen LogP) is 6.03. The lowest BCUT2D eigenvalue weighted by Gasteiger charge is -2.57. The molecule has 0 aliphatic heterocycles. The molecule has 42 heavy (non-hydrogen) atoms. The van der Waals surface area contributed by atoms with E-state index in [-0.39, 0.29) is 31.3 Å². The summed E-state index contributed by atoms with van der Waals surface area (Å²) < 4.78 is 39.1. The van der Waals surface area contributed by atoms with E-state index in [9.17, 15) is 4.79 Å². The minimum Gasteiger partial charge on any atom is -0.467 e. The van der Waals surface area contributed by atoms with Crippen LogP contribution < -0.4 is 9.47 Å². The highest BCUT2D eigenvalue weighted by molar-refractivity contribution is 5.89. The number of hydrogen-bond acceptors (Lipinski definition) is 8. The molecule has 0 saturated heterocycles. The molecule has 0 N–H and O–H groups in total. The van der Waals surface area contributed by atoms with Gasteiger partial charge in [0.15, 0.2) is 26.2 Å². The highest BCUT2D eigenvalue weighted by atomic mass is 16.7. The van der Waals surface area contributed by atoms with Crippen LogP contribution in [0.4, 0.5) is 0 Å². The maximum Gasteiger partial charge on any atom is 0.337 e. The molecule has 2 aromatic rings. The van der Waals surface area contributed by atoms with Crippen LogP contribution in [0.25, 0.3) is 0 Å². The zero-order chi connectivity index (χ0) is 29.7. The van der Waals surface area contributed by atoms with Gasteiger partial charge in [-0.2, -0.15) is 0 Å². The number of carbonyl (C=O) groups excluding carboxylic acids is 1. The minimum absolute atomic E-state index is 0.00905. The number of rotatable bonds is 12. The molecule has 0 aromatic heterocycles. The van der Waals surface area contributed by atoms with Crippen molar-refractivity contribution in [3.8, 4) is 23.3 Å². The van der Waals surface area contributed by atoms with E-state index in [0.29, 0.717) is 11.3 Å². The Labute approximate surface area is 248 Å². The maximum atomic E-state index is 11.9. The molecular formula is C34H42O8. The highest BCUT2D eigenvalue weighted by Crippen LogP contribution is 2.62. The highest BCUT2D eigenvalue weighted by Gasteiger charge is 2.52. The van der Waals surface area contributed by atoms with Crippen molar-refractivity contribution in [3.63, 3.8) is 0 Å². The van der Waals surface area contributed by atoms with E-state index in [1.165, 1.54) is 51.2 Å². The van der Waals surface area contributed by atoms with Crippen molar-refractivity contribution in [3.05, 3.63) is 58.7 Å². The fourth-order valence-corrected chi connectivity index (χ4v) is 7.22. The zero-order valence-corrected chi connectivity index (χ0v) is 25.3. The van der Waals surface area contributed by atoms with Gasteiger partial charge in [0.1, 0.15) is 11.5 Å². The third-order valence-corrected chi connectivity index (χ3v) is 9.04. The Morgan fingerprint density at radius 1 is 0.810 bits per heavy atom. The molecule has 2 aromatic carbocycles. The second-order valence-corrected chi connectivity index (χ2v) is 11.8. The van der Waals surface area contributed by atoms with Crippen molar-refractivity contribution >= 4 is 5.97 Å². The van der Waals surface area contributed by atoms with Crippen molar-refractivity contribution in [2.45, 2.75) is 70.4 Å². The summed E-state index contributed by atoms with van der Waals surface area (Å²) in [6.07, 6.45) is 6.72. The maximum absolute atomic E-state index is 11.9. The number of benzene rings is 2. The van der Waals surface area contributed by atoms with Gasteiger partial charge in [0.05, 0.1) is 18.2 Å². The molecule has 0 heterocycles. The molecule has 4 fully saturated rings. The summed E-state index contributed by atoms with van der Waals surface area (Å²) in [7, 11) is 4.56.